The topological polar surface area (TPSA) is 87.7 Å². The van der Waals surface area contributed by atoms with Crippen LogP contribution >= 0.6 is 0 Å². The van der Waals surface area contributed by atoms with Crippen LogP contribution in [-0.2, 0) is 27.4 Å². The minimum absolute atomic E-state index is 0.0496. The molecular formula is C31H43N3O4. The molecule has 0 radical (unpaired) electrons. The van der Waals surface area contributed by atoms with Gasteiger partial charge in [-0.2, -0.15) is 0 Å². The zero-order valence-electron chi connectivity index (χ0n) is 22.9. The summed E-state index contributed by atoms with van der Waals surface area (Å²) < 4.78 is 5.40. The minimum Gasteiger partial charge on any atom is -0.445 e. The van der Waals surface area contributed by atoms with Crippen LogP contribution in [-0.4, -0.2) is 48.5 Å². The maximum atomic E-state index is 13.5. The van der Waals surface area contributed by atoms with Crippen LogP contribution in [0.1, 0.15) is 63.5 Å². The zero-order valence-corrected chi connectivity index (χ0v) is 22.9. The number of hydrogen-bond donors (Lipinski definition) is 2. The molecule has 1 heterocycles. The smallest absolute Gasteiger partial charge is 0.408 e. The molecule has 0 saturated carbocycles. The summed E-state index contributed by atoms with van der Waals surface area (Å²) in [7, 11) is 0. The highest BCUT2D eigenvalue weighted by Crippen LogP contribution is 2.22. The Balaban J connectivity index is 1.49. The molecule has 0 unspecified atom stereocenters. The van der Waals surface area contributed by atoms with Crippen molar-refractivity contribution in [1.29, 1.82) is 0 Å². The molecule has 206 valence electrons. The number of hydrogen-bond acceptors (Lipinski definition) is 4. The first-order chi connectivity index (χ1) is 18.4. The molecule has 1 atom stereocenters. The first-order valence-electron chi connectivity index (χ1n) is 14.0. The predicted molar refractivity (Wildman–Crippen MR) is 149 cm³/mol. The molecule has 0 aromatic heterocycles. The van der Waals surface area contributed by atoms with Crippen LogP contribution in [0.25, 0.3) is 0 Å². The van der Waals surface area contributed by atoms with E-state index in [0.29, 0.717) is 50.7 Å². The van der Waals surface area contributed by atoms with E-state index in [1.54, 1.807) is 0 Å². The number of unbranched alkanes of at least 4 members (excludes halogenated alkanes) is 1. The number of piperidine rings is 1. The molecule has 0 bridgehead atoms. The van der Waals surface area contributed by atoms with Gasteiger partial charge in [0.2, 0.25) is 11.8 Å². The van der Waals surface area contributed by atoms with E-state index in [1.165, 1.54) is 5.56 Å². The van der Waals surface area contributed by atoms with E-state index in [9.17, 15) is 14.4 Å². The lowest BCUT2D eigenvalue weighted by Gasteiger charge is -2.34. The molecule has 0 spiro atoms. The molecular weight excluding hydrogens is 478 g/mol. The quantitative estimate of drug-likeness (QED) is 0.359. The maximum Gasteiger partial charge on any atom is 0.408 e. The van der Waals surface area contributed by atoms with Crippen molar-refractivity contribution < 1.29 is 19.1 Å². The van der Waals surface area contributed by atoms with E-state index in [2.05, 4.69) is 34.9 Å². The van der Waals surface area contributed by atoms with E-state index in [-0.39, 0.29) is 18.4 Å². The third-order valence-corrected chi connectivity index (χ3v) is 6.93. The van der Waals surface area contributed by atoms with Gasteiger partial charge < -0.3 is 20.3 Å². The maximum absolute atomic E-state index is 13.5. The summed E-state index contributed by atoms with van der Waals surface area (Å²) in [5, 5.41) is 5.76. The Morgan fingerprint density at radius 3 is 2.18 bits per heavy atom. The highest BCUT2D eigenvalue weighted by molar-refractivity contribution is 5.85. The van der Waals surface area contributed by atoms with Crippen molar-refractivity contribution in [2.45, 2.75) is 71.4 Å². The summed E-state index contributed by atoms with van der Waals surface area (Å²) in [6.45, 7) is 6.14. The average molecular weight is 522 g/mol. The van der Waals surface area contributed by atoms with E-state index in [4.69, 9.17) is 4.74 Å². The van der Waals surface area contributed by atoms with Gasteiger partial charge in [-0.05, 0) is 61.5 Å². The SMILES string of the molecule is CC(C)CC(=O)NCCCC[C@H](NC(=O)OCc1ccccc1)C(=O)N1CCC(Cc2ccccc2)CC1. The first-order valence-corrected chi connectivity index (χ1v) is 14.0. The summed E-state index contributed by atoms with van der Waals surface area (Å²) in [4.78, 5) is 39.8. The molecule has 2 N–H and O–H groups in total. The van der Waals surface area contributed by atoms with Gasteiger partial charge >= 0.3 is 6.09 Å². The Labute approximate surface area is 227 Å². The Kier molecular flexibility index (Phi) is 12.1. The van der Waals surface area contributed by atoms with Gasteiger partial charge in [-0.1, -0.05) is 74.5 Å². The van der Waals surface area contributed by atoms with Crippen LogP contribution in [0.2, 0.25) is 0 Å². The van der Waals surface area contributed by atoms with Crippen molar-refractivity contribution in [3.8, 4) is 0 Å². The molecule has 2 aromatic rings. The van der Waals surface area contributed by atoms with Crippen molar-refractivity contribution in [3.05, 3.63) is 71.8 Å². The predicted octanol–water partition coefficient (Wildman–Crippen LogP) is 5.10. The number of carbonyl (C=O) groups is 3. The number of carbonyl (C=O) groups excluding carboxylic acids is 3. The Morgan fingerprint density at radius 2 is 1.55 bits per heavy atom. The second-order valence-electron chi connectivity index (χ2n) is 10.7. The van der Waals surface area contributed by atoms with Crippen molar-refractivity contribution in [2.24, 2.45) is 11.8 Å². The van der Waals surface area contributed by atoms with Crippen molar-refractivity contribution in [3.63, 3.8) is 0 Å². The molecule has 38 heavy (non-hydrogen) atoms. The van der Waals surface area contributed by atoms with Gasteiger partial charge in [0.15, 0.2) is 0 Å². The van der Waals surface area contributed by atoms with Crippen molar-refractivity contribution in [1.82, 2.24) is 15.5 Å². The van der Waals surface area contributed by atoms with Crippen LogP contribution in [0.3, 0.4) is 0 Å². The van der Waals surface area contributed by atoms with Gasteiger partial charge in [0, 0.05) is 26.1 Å². The Bertz CT molecular complexity index is 989. The Morgan fingerprint density at radius 1 is 0.921 bits per heavy atom. The lowest BCUT2D eigenvalue weighted by Crippen LogP contribution is -2.51. The first kappa shape index (κ1) is 29.2. The fourth-order valence-electron chi connectivity index (χ4n) is 4.83. The van der Waals surface area contributed by atoms with Crippen LogP contribution in [0, 0.1) is 11.8 Å². The second kappa shape index (κ2) is 15.8. The summed E-state index contributed by atoms with van der Waals surface area (Å²) in [5.41, 5.74) is 2.22. The van der Waals surface area contributed by atoms with Gasteiger partial charge in [0.25, 0.3) is 0 Å². The molecule has 1 saturated heterocycles. The second-order valence-corrected chi connectivity index (χ2v) is 10.7. The molecule has 0 aliphatic carbocycles. The largest absolute Gasteiger partial charge is 0.445 e. The van der Waals surface area contributed by atoms with E-state index in [1.807, 2.05) is 55.1 Å². The molecule has 2 aromatic carbocycles. The standard InChI is InChI=1S/C31H43N3O4/c1-24(2)21-29(35)32-18-10-9-15-28(33-31(37)38-23-27-13-7-4-8-14-27)30(36)34-19-16-26(17-20-34)22-25-11-5-3-6-12-25/h3-8,11-14,24,26,28H,9-10,15-23H2,1-2H3,(H,32,35)(H,33,37)/t28-/m0/s1. The highest BCUT2D eigenvalue weighted by atomic mass is 16.5. The molecule has 1 aliphatic heterocycles. The number of alkyl carbamates (subject to hydrolysis) is 1. The average Bonchev–Trinajstić information content (AvgIpc) is 2.92. The molecule has 3 amide bonds. The normalized spacial score (nSPS) is 14.7. The number of benzene rings is 2. The van der Waals surface area contributed by atoms with Crippen LogP contribution in [0.5, 0.6) is 0 Å². The monoisotopic (exact) mass is 521 g/mol. The van der Waals surface area contributed by atoms with Crippen LogP contribution in [0.15, 0.2) is 60.7 Å². The summed E-state index contributed by atoms with van der Waals surface area (Å²) >= 11 is 0. The lowest BCUT2D eigenvalue weighted by molar-refractivity contribution is -0.135. The van der Waals surface area contributed by atoms with E-state index >= 15 is 0 Å². The summed E-state index contributed by atoms with van der Waals surface area (Å²) in [6.07, 6.45) is 4.81. The van der Waals surface area contributed by atoms with Gasteiger partial charge in [0.05, 0.1) is 0 Å². The number of nitrogens with one attached hydrogen (secondary N) is 2. The molecule has 7 nitrogen and oxygen atoms in total. The zero-order chi connectivity index (χ0) is 27.2. The van der Waals surface area contributed by atoms with Crippen LogP contribution < -0.4 is 10.6 Å². The molecule has 1 aliphatic rings. The highest BCUT2D eigenvalue weighted by Gasteiger charge is 2.29. The van der Waals surface area contributed by atoms with Gasteiger partial charge in [-0.25, -0.2) is 4.79 Å². The van der Waals surface area contributed by atoms with Gasteiger partial charge in [-0.15, -0.1) is 0 Å². The third kappa shape index (κ3) is 10.6. The fraction of sp³-hybridized carbons (Fsp3) is 0.516. The fourth-order valence-corrected chi connectivity index (χ4v) is 4.83. The number of ether oxygens (including phenoxy) is 1. The lowest BCUT2D eigenvalue weighted by atomic mass is 9.90. The van der Waals surface area contributed by atoms with Crippen LogP contribution in [0.4, 0.5) is 4.79 Å². The summed E-state index contributed by atoms with van der Waals surface area (Å²) in [5.74, 6) is 0.871. The van der Waals surface area contributed by atoms with E-state index < -0.39 is 12.1 Å². The van der Waals surface area contributed by atoms with Crippen molar-refractivity contribution >= 4 is 17.9 Å². The van der Waals surface area contributed by atoms with Crippen molar-refractivity contribution in [2.75, 3.05) is 19.6 Å². The number of amides is 3. The number of rotatable bonds is 13. The van der Waals surface area contributed by atoms with E-state index in [0.717, 1.165) is 31.2 Å². The molecule has 3 rings (SSSR count). The number of nitrogens with zero attached hydrogens (tertiary/aromatic N) is 1. The van der Waals surface area contributed by atoms with Gasteiger partial charge in [-0.3, -0.25) is 9.59 Å². The Hall–Kier alpha value is -3.35. The minimum atomic E-state index is -0.643. The molecule has 1 fully saturated rings. The summed E-state index contributed by atoms with van der Waals surface area (Å²) in [6, 6.07) is 19.3. The molecule has 7 heteroatoms. The number of likely N-dealkylation sites (tertiary alicyclic amines) is 1. The van der Waals surface area contributed by atoms with Gasteiger partial charge in [0.1, 0.15) is 12.6 Å². The third-order valence-electron chi connectivity index (χ3n) is 6.93.